The molecule has 174 valence electrons. The second-order valence-corrected chi connectivity index (χ2v) is 10.3. The number of ketones is 1. The van der Waals surface area contributed by atoms with Crippen LogP contribution in [0.25, 0.3) is 21.2 Å². The van der Waals surface area contributed by atoms with Crippen LogP contribution in [0, 0.1) is 12.8 Å². The van der Waals surface area contributed by atoms with E-state index in [0.717, 1.165) is 58.1 Å². The Morgan fingerprint density at radius 1 is 1.12 bits per heavy atom. The summed E-state index contributed by atoms with van der Waals surface area (Å²) in [6.07, 6.45) is 1.27. The van der Waals surface area contributed by atoms with E-state index in [9.17, 15) is 9.90 Å². The molecule has 0 saturated carbocycles. The monoisotopic (exact) mass is 471 g/mol. The Morgan fingerprint density at radius 2 is 1.91 bits per heavy atom. The number of ether oxygens (including phenoxy) is 1. The highest BCUT2D eigenvalue weighted by Crippen LogP contribution is 2.41. The maximum atomic E-state index is 13.6. The van der Waals surface area contributed by atoms with Crippen molar-refractivity contribution >= 4 is 27.2 Å². The molecule has 0 aliphatic carbocycles. The van der Waals surface area contributed by atoms with Crippen LogP contribution in [0.15, 0.2) is 66.7 Å². The molecule has 4 nitrogen and oxygen atoms in total. The molecular weight excluding hydrogens is 442 g/mol. The predicted molar refractivity (Wildman–Crippen MR) is 139 cm³/mol. The number of hydrogen-bond acceptors (Lipinski definition) is 5. The minimum atomic E-state index is 0.00829. The van der Waals surface area contributed by atoms with Crippen LogP contribution in [0.3, 0.4) is 0 Å². The Morgan fingerprint density at radius 3 is 2.65 bits per heavy atom. The average Bonchev–Trinajstić information content (AvgIpc) is 3.42. The van der Waals surface area contributed by atoms with Crippen LogP contribution in [0.1, 0.15) is 34.1 Å². The lowest BCUT2D eigenvalue weighted by Crippen LogP contribution is -2.25. The highest BCUT2D eigenvalue weighted by molar-refractivity contribution is 7.21. The van der Waals surface area contributed by atoms with Crippen molar-refractivity contribution in [1.82, 2.24) is 4.90 Å². The van der Waals surface area contributed by atoms with Crippen LogP contribution in [-0.2, 0) is 0 Å². The van der Waals surface area contributed by atoms with Gasteiger partial charge in [0.2, 0.25) is 5.78 Å². The molecule has 2 heterocycles. The van der Waals surface area contributed by atoms with Gasteiger partial charge >= 0.3 is 0 Å². The molecule has 3 aromatic carbocycles. The van der Waals surface area contributed by atoms with E-state index >= 15 is 0 Å². The van der Waals surface area contributed by atoms with Gasteiger partial charge in [0.15, 0.2) is 0 Å². The minimum absolute atomic E-state index is 0.00829. The third-order valence-electron chi connectivity index (χ3n) is 6.60. The zero-order valence-corrected chi connectivity index (χ0v) is 20.4. The van der Waals surface area contributed by atoms with Gasteiger partial charge in [-0.15, -0.1) is 11.3 Å². The first-order chi connectivity index (χ1) is 16.5. The number of likely N-dealkylation sites (tertiary alicyclic amines) is 1. The van der Waals surface area contributed by atoms with Crippen LogP contribution in [0.2, 0.25) is 0 Å². The second kappa shape index (κ2) is 9.61. The van der Waals surface area contributed by atoms with Crippen molar-refractivity contribution < 1.29 is 14.6 Å². The number of phenols is 1. The van der Waals surface area contributed by atoms with Crippen molar-refractivity contribution in [2.24, 2.45) is 5.92 Å². The molecule has 0 radical (unpaired) electrons. The molecule has 1 aromatic heterocycles. The van der Waals surface area contributed by atoms with Crippen molar-refractivity contribution in [2.45, 2.75) is 20.3 Å². The van der Waals surface area contributed by atoms with Crippen LogP contribution in [0.4, 0.5) is 0 Å². The molecule has 1 saturated heterocycles. The fourth-order valence-electron chi connectivity index (χ4n) is 4.72. The summed E-state index contributed by atoms with van der Waals surface area (Å²) < 4.78 is 6.90. The highest BCUT2D eigenvalue weighted by atomic mass is 32.1. The minimum Gasteiger partial charge on any atom is -0.508 e. The van der Waals surface area contributed by atoms with Gasteiger partial charge in [0.05, 0.1) is 4.88 Å². The first kappa shape index (κ1) is 22.6. The zero-order valence-electron chi connectivity index (χ0n) is 19.6. The number of carbonyl (C=O) groups is 1. The van der Waals surface area contributed by atoms with E-state index in [2.05, 4.69) is 11.8 Å². The topological polar surface area (TPSA) is 49.8 Å². The second-order valence-electron chi connectivity index (χ2n) is 9.20. The summed E-state index contributed by atoms with van der Waals surface area (Å²) in [4.78, 5) is 16.7. The lowest BCUT2D eigenvalue weighted by Gasteiger charge is -2.15. The third kappa shape index (κ3) is 4.59. The molecule has 1 N–H and O–H groups in total. The third-order valence-corrected chi connectivity index (χ3v) is 7.75. The summed E-state index contributed by atoms with van der Waals surface area (Å²) in [6.45, 7) is 8.18. The van der Waals surface area contributed by atoms with Gasteiger partial charge in [0.1, 0.15) is 18.1 Å². The lowest BCUT2D eigenvalue weighted by molar-refractivity contribution is 0.104. The van der Waals surface area contributed by atoms with E-state index in [1.807, 2.05) is 61.5 Å². The highest BCUT2D eigenvalue weighted by Gasteiger charge is 2.22. The van der Waals surface area contributed by atoms with E-state index < -0.39 is 0 Å². The van der Waals surface area contributed by atoms with Crippen molar-refractivity contribution in [3.05, 3.63) is 82.7 Å². The molecule has 34 heavy (non-hydrogen) atoms. The van der Waals surface area contributed by atoms with Gasteiger partial charge in [-0.3, -0.25) is 9.69 Å². The number of aryl methyl sites for hydroxylation is 1. The summed E-state index contributed by atoms with van der Waals surface area (Å²) in [5.74, 6) is 1.82. The molecule has 5 heteroatoms. The number of benzene rings is 3. The fourth-order valence-corrected chi connectivity index (χ4v) is 5.93. The van der Waals surface area contributed by atoms with E-state index in [1.54, 1.807) is 12.1 Å². The number of aromatic hydroxyl groups is 1. The molecule has 1 aliphatic heterocycles. The maximum absolute atomic E-state index is 13.6. The van der Waals surface area contributed by atoms with Crippen molar-refractivity contribution in [3.63, 3.8) is 0 Å². The van der Waals surface area contributed by atoms with Crippen molar-refractivity contribution in [2.75, 3.05) is 26.2 Å². The molecule has 0 spiro atoms. The first-order valence-electron chi connectivity index (χ1n) is 11.8. The number of fused-ring (bicyclic) bond motifs is 1. The standard InChI is InChI=1S/C29H29NO3S/c1-19-13-14-30(18-19)15-16-33-23-10-7-21(8-11-23)27-25-12-9-22(31)17-26(25)34-29(27)28(32)24-6-4-3-5-20(24)2/h3-12,17,19,31H,13-16,18H2,1-2H3/t19-/m0/s1. The molecule has 0 bridgehead atoms. The smallest absolute Gasteiger partial charge is 0.203 e. The quantitative estimate of drug-likeness (QED) is 0.311. The Bertz CT molecular complexity index is 1330. The van der Waals surface area contributed by atoms with E-state index in [1.165, 1.54) is 17.8 Å². The number of phenolic OH excluding ortho intramolecular Hbond substituents is 1. The number of hydrogen-bond donors (Lipinski definition) is 1. The molecule has 1 fully saturated rings. The average molecular weight is 472 g/mol. The van der Waals surface area contributed by atoms with E-state index in [0.29, 0.717) is 17.0 Å². The number of rotatable bonds is 7. The fraction of sp³-hybridized carbons (Fsp3) is 0.276. The van der Waals surface area contributed by atoms with E-state index in [4.69, 9.17) is 4.74 Å². The van der Waals surface area contributed by atoms with Crippen LogP contribution in [0.5, 0.6) is 11.5 Å². The molecule has 1 aliphatic rings. The summed E-state index contributed by atoms with van der Waals surface area (Å²) in [7, 11) is 0. The number of thiophene rings is 1. The SMILES string of the molecule is Cc1ccccc1C(=O)c1sc2cc(O)ccc2c1-c1ccc(OCCN2CC[C@H](C)C2)cc1. The summed E-state index contributed by atoms with van der Waals surface area (Å²) in [5.41, 5.74) is 3.53. The van der Waals surface area contributed by atoms with Crippen molar-refractivity contribution in [3.8, 4) is 22.6 Å². The van der Waals surface area contributed by atoms with Gasteiger partial charge < -0.3 is 9.84 Å². The van der Waals surface area contributed by atoms with Crippen molar-refractivity contribution in [1.29, 1.82) is 0 Å². The summed E-state index contributed by atoms with van der Waals surface area (Å²) >= 11 is 1.43. The Labute approximate surface area is 204 Å². The molecule has 1 atom stereocenters. The normalized spacial score (nSPS) is 16.2. The Hall–Kier alpha value is -3.15. The van der Waals surface area contributed by atoms with Gasteiger partial charge in [-0.2, -0.15) is 0 Å². The van der Waals surface area contributed by atoms with Gasteiger partial charge in [-0.1, -0.05) is 43.3 Å². The number of carbonyl (C=O) groups excluding carboxylic acids is 1. The Kier molecular flexibility index (Phi) is 6.40. The van der Waals surface area contributed by atoms with Crippen LogP contribution >= 0.6 is 11.3 Å². The largest absolute Gasteiger partial charge is 0.508 e. The molecule has 4 aromatic rings. The molecule has 0 unspecified atom stereocenters. The predicted octanol–water partition coefficient (Wildman–Crippen LogP) is 6.53. The molecular formula is C29H29NO3S. The molecule has 0 amide bonds. The Balaban J connectivity index is 1.43. The number of nitrogens with zero attached hydrogens (tertiary/aromatic N) is 1. The van der Waals surface area contributed by atoms with Gasteiger partial charge in [-0.25, -0.2) is 0 Å². The maximum Gasteiger partial charge on any atom is 0.203 e. The van der Waals surface area contributed by atoms with Gasteiger partial charge in [-0.05, 0) is 67.3 Å². The summed E-state index contributed by atoms with van der Waals surface area (Å²) in [6, 6.07) is 21.0. The zero-order chi connectivity index (χ0) is 23.7. The first-order valence-corrected chi connectivity index (χ1v) is 12.6. The summed E-state index contributed by atoms with van der Waals surface area (Å²) in [5, 5.41) is 11.0. The van der Waals surface area contributed by atoms with Gasteiger partial charge in [0.25, 0.3) is 0 Å². The molecule has 5 rings (SSSR count). The van der Waals surface area contributed by atoms with E-state index in [-0.39, 0.29) is 11.5 Å². The van der Waals surface area contributed by atoms with Gasteiger partial charge in [0, 0.05) is 34.3 Å². The lowest BCUT2D eigenvalue weighted by atomic mass is 9.96. The van der Waals surface area contributed by atoms with Crippen LogP contribution < -0.4 is 4.74 Å². The van der Waals surface area contributed by atoms with Crippen LogP contribution in [-0.4, -0.2) is 42.0 Å².